The van der Waals surface area contributed by atoms with Crippen molar-refractivity contribution in [2.24, 2.45) is 0 Å². The average Bonchev–Trinajstić information content (AvgIpc) is 2.60. The molecular weight excluding hydrogens is 166 g/mol. The average molecular weight is 177 g/mol. The minimum atomic E-state index is -0.326. The molecule has 13 heavy (non-hydrogen) atoms. The van der Waals surface area contributed by atoms with Crippen LogP contribution in [0.2, 0.25) is 0 Å². The predicted molar refractivity (Wildman–Crippen MR) is 49.6 cm³/mol. The molecule has 1 aliphatic carbocycles. The number of nitrogens with zero attached hydrogens (tertiary/aromatic N) is 1. The van der Waals surface area contributed by atoms with Crippen molar-refractivity contribution in [1.29, 1.82) is 0 Å². The Morgan fingerprint density at radius 1 is 1.46 bits per heavy atom. The first-order valence-corrected chi connectivity index (χ1v) is 4.29. The van der Waals surface area contributed by atoms with Crippen LogP contribution in [0, 0.1) is 0 Å². The first kappa shape index (κ1) is 8.10. The lowest BCUT2D eigenvalue weighted by atomic mass is 10.2. The van der Waals surface area contributed by atoms with Gasteiger partial charge in [-0.3, -0.25) is 4.57 Å². The lowest BCUT2D eigenvalue weighted by molar-refractivity contribution is 0.172. The molecule has 1 aromatic heterocycles. The van der Waals surface area contributed by atoms with E-state index < -0.39 is 0 Å². The molecule has 0 atom stereocenters. The summed E-state index contributed by atoms with van der Waals surface area (Å²) in [4.78, 5) is 11.3. The maximum atomic E-state index is 11.3. The van der Waals surface area contributed by atoms with Gasteiger partial charge in [0, 0.05) is 6.20 Å². The van der Waals surface area contributed by atoms with Gasteiger partial charge in [-0.2, -0.15) is 0 Å². The van der Waals surface area contributed by atoms with Crippen LogP contribution < -0.4 is 10.6 Å². The predicted octanol–water partition coefficient (Wildman–Crippen LogP) is 0.457. The van der Waals surface area contributed by atoms with E-state index in [9.17, 15) is 4.79 Å². The van der Waals surface area contributed by atoms with Crippen LogP contribution in [0.3, 0.4) is 0 Å². The number of carbonyl (C=O) groups excluding carboxylic acids is 1. The van der Waals surface area contributed by atoms with Gasteiger partial charge in [0.15, 0.2) is 0 Å². The molecule has 0 aliphatic heterocycles. The van der Waals surface area contributed by atoms with Crippen LogP contribution in [0.5, 0.6) is 0 Å². The Morgan fingerprint density at radius 2 is 2.23 bits per heavy atom. The molecule has 0 unspecified atom stereocenters. The van der Waals surface area contributed by atoms with Crippen LogP contribution in [0.1, 0.15) is 12.8 Å². The Bertz CT molecular complexity index is 442. The zero-order valence-corrected chi connectivity index (χ0v) is 7.49. The summed E-state index contributed by atoms with van der Waals surface area (Å²) >= 11 is 0. The van der Waals surface area contributed by atoms with E-state index in [0.717, 1.165) is 23.4 Å². The standard InChI is InChI=1S/C10H11NO2/c1-13-10(12)11-7-6-8-4-2-3-5-9(8)11/h4-7H,2-3H2,1H3. The Balaban J connectivity index is 2.63. The van der Waals surface area contributed by atoms with Crippen LogP contribution in [-0.4, -0.2) is 17.8 Å². The first-order chi connectivity index (χ1) is 6.33. The van der Waals surface area contributed by atoms with Crippen molar-refractivity contribution in [3.8, 4) is 0 Å². The molecule has 1 heterocycles. The van der Waals surface area contributed by atoms with Gasteiger partial charge in [0.25, 0.3) is 0 Å². The van der Waals surface area contributed by atoms with Crippen molar-refractivity contribution in [3.05, 3.63) is 22.8 Å². The zero-order chi connectivity index (χ0) is 9.26. The lowest BCUT2D eigenvalue weighted by Crippen LogP contribution is -2.34. The third kappa shape index (κ3) is 1.26. The molecule has 3 heteroatoms. The molecule has 0 saturated carbocycles. The molecule has 2 rings (SSSR count). The van der Waals surface area contributed by atoms with Crippen molar-refractivity contribution < 1.29 is 9.53 Å². The van der Waals surface area contributed by atoms with Gasteiger partial charge in [0.2, 0.25) is 0 Å². The van der Waals surface area contributed by atoms with Gasteiger partial charge < -0.3 is 4.74 Å². The van der Waals surface area contributed by atoms with E-state index in [1.165, 1.54) is 11.7 Å². The molecule has 0 amide bonds. The smallest absolute Gasteiger partial charge is 0.418 e. The summed E-state index contributed by atoms with van der Waals surface area (Å²) in [5.41, 5.74) is 0. The molecule has 0 aromatic carbocycles. The van der Waals surface area contributed by atoms with Gasteiger partial charge in [-0.05, 0) is 24.1 Å². The van der Waals surface area contributed by atoms with E-state index in [-0.39, 0.29) is 6.09 Å². The van der Waals surface area contributed by atoms with Gasteiger partial charge in [-0.25, -0.2) is 4.79 Å². The van der Waals surface area contributed by atoms with E-state index in [1.54, 1.807) is 6.20 Å². The van der Waals surface area contributed by atoms with Crippen molar-refractivity contribution in [2.75, 3.05) is 7.11 Å². The number of hydrogen-bond acceptors (Lipinski definition) is 2. The maximum absolute atomic E-state index is 11.3. The maximum Gasteiger partial charge on any atom is 0.418 e. The molecule has 0 fully saturated rings. The van der Waals surface area contributed by atoms with E-state index in [2.05, 4.69) is 16.9 Å². The summed E-state index contributed by atoms with van der Waals surface area (Å²) in [6.45, 7) is 0. The fourth-order valence-corrected chi connectivity index (χ4v) is 1.56. The quantitative estimate of drug-likeness (QED) is 0.576. The Morgan fingerprint density at radius 3 is 3.00 bits per heavy atom. The van der Waals surface area contributed by atoms with Gasteiger partial charge in [0.1, 0.15) is 0 Å². The molecule has 68 valence electrons. The fourth-order valence-electron chi connectivity index (χ4n) is 1.56. The SMILES string of the molecule is COC(=O)n1ccc2c1=CCCC=2. The summed E-state index contributed by atoms with van der Waals surface area (Å²) in [6.07, 6.45) is 7.66. The highest BCUT2D eigenvalue weighted by molar-refractivity contribution is 5.71. The summed E-state index contributed by atoms with van der Waals surface area (Å²) in [7, 11) is 1.39. The van der Waals surface area contributed by atoms with Gasteiger partial charge in [-0.15, -0.1) is 0 Å². The number of hydrogen-bond donors (Lipinski definition) is 0. The molecular formula is C10H11NO2. The fraction of sp³-hybridized carbons (Fsp3) is 0.300. The van der Waals surface area contributed by atoms with Crippen LogP contribution in [0.15, 0.2) is 12.3 Å². The summed E-state index contributed by atoms with van der Waals surface area (Å²) in [5, 5.41) is 2.08. The van der Waals surface area contributed by atoms with E-state index >= 15 is 0 Å². The second kappa shape index (κ2) is 3.09. The molecule has 0 N–H and O–H groups in total. The van der Waals surface area contributed by atoms with Crippen molar-refractivity contribution in [2.45, 2.75) is 12.8 Å². The van der Waals surface area contributed by atoms with Gasteiger partial charge in [-0.1, -0.05) is 12.2 Å². The number of rotatable bonds is 0. The van der Waals surface area contributed by atoms with Crippen molar-refractivity contribution in [1.82, 2.24) is 4.57 Å². The topological polar surface area (TPSA) is 31.2 Å². The first-order valence-electron chi connectivity index (χ1n) is 4.29. The van der Waals surface area contributed by atoms with Gasteiger partial charge >= 0.3 is 6.09 Å². The molecule has 0 saturated heterocycles. The second-order valence-corrected chi connectivity index (χ2v) is 2.98. The molecule has 0 radical (unpaired) electrons. The zero-order valence-electron chi connectivity index (χ0n) is 7.49. The molecule has 0 spiro atoms. The Kier molecular flexibility index (Phi) is 1.93. The number of carbonyl (C=O) groups is 1. The highest BCUT2D eigenvalue weighted by Gasteiger charge is 2.06. The number of ether oxygens (including phenoxy) is 1. The molecule has 0 bridgehead atoms. The highest BCUT2D eigenvalue weighted by atomic mass is 16.5. The lowest BCUT2D eigenvalue weighted by Gasteiger charge is -2.01. The van der Waals surface area contributed by atoms with Gasteiger partial charge in [0.05, 0.1) is 12.5 Å². The highest BCUT2D eigenvalue weighted by Crippen LogP contribution is 1.95. The number of fused-ring (bicyclic) bond motifs is 1. The van der Waals surface area contributed by atoms with Crippen LogP contribution in [0.4, 0.5) is 4.79 Å². The van der Waals surface area contributed by atoms with E-state index in [1.807, 2.05) is 6.07 Å². The molecule has 1 aromatic rings. The minimum absolute atomic E-state index is 0.326. The third-order valence-electron chi connectivity index (χ3n) is 2.20. The largest absolute Gasteiger partial charge is 0.452 e. The Labute approximate surface area is 75.9 Å². The minimum Gasteiger partial charge on any atom is -0.452 e. The molecule has 3 nitrogen and oxygen atoms in total. The van der Waals surface area contributed by atoms with Crippen LogP contribution in [-0.2, 0) is 4.74 Å². The summed E-state index contributed by atoms with van der Waals surface area (Å²) in [6, 6.07) is 1.93. The monoisotopic (exact) mass is 177 g/mol. The van der Waals surface area contributed by atoms with Crippen LogP contribution in [0.25, 0.3) is 12.2 Å². The Hall–Kier alpha value is -1.51. The summed E-state index contributed by atoms with van der Waals surface area (Å²) in [5.74, 6) is 0. The molecule has 1 aliphatic rings. The van der Waals surface area contributed by atoms with E-state index in [0.29, 0.717) is 0 Å². The van der Waals surface area contributed by atoms with Crippen LogP contribution >= 0.6 is 0 Å². The number of methoxy groups -OCH3 is 1. The van der Waals surface area contributed by atoms with Crippen molar-refractivity contribution in [3.63, 3.8) is 0 Å². The van der Waals surface area contributed by atoms with Crippen molar-refractivity contribution >= 4 is 18.2 Å². The third-order valence-corrected chi connectivity index (χ3v) is 2.20. The second-order valence-electron chi connectivity index (χ2n) is 2.98. The normalized spacial score (nSPS) is 13.9. The van der Waals surface area contributed by atoms with E-state index in [4.69, 9.17) is 0 Å². The number of aromatic nitrogens is 1. The summed E-state index contributed by atoms with van der Waals surface area (Å²) < 4.78 is 6.18.